The van der Waals surface area contributed by atoms with Gasteiger partial charge in [-0.2, -0.15) is 0 Å². The van der Waals surface area contributed by atoms with Crippen LogP contribution in [0.5, 0.6) is 5.75 Å². The summed E-state index contributed by atoms with van der Waals surface area (Å²) in [5, 5.41) is 0. The standard InChI is InChI=1S/C13H21NO4S/c1-13(2,17-3)7-8-18-12-6-5-10(9-11(12)14)19(4,15)16/h5-6,9H,7-8,14H2,1-4H3. The van der Waals surface area contributed by atoms with Crippen LogP contribution in [-0.2, 0) is 14.6 Å². The van der Waals surface area contributed by atoms with Crippen LogP contribution in [-0.4, -0.2) is 34.0 Å². The van der Waals surface area contributed by atoms with Gasteiger partial charge < -0.3 is 15.2 Å². The van der Waals surface area contributed by atoms with Crippen LogP contribution in [0, 0.1) is 0 Å². The molecule has 19 heavy (non-hydrogen) atoms. The lowest BCUT2D eigenvalue weighted by Gasteiger charge is -2.22. The van der Waals surface area contributed by atoms with Crippen LogP contribution in [0.25, 0.3) is 0 Å². The first kappa shape index (κ1) is 15.8. The van der Waals surface area contributed by atoms with Crippen LogP contribution in [0.4, 0.5) is 5.69 Å². The zero-order chi connectivity index (χ0) is 14.7. The maximum atomic E-state index is 11.4. The van der Waals surface area contributed by atoms with Gasteiger partial charge in [-0.3, -0.25) is 0 Å². The highest BCUT2D eigenvalue weighted by molar-refractivity contribution is 7.90. The quantitative estimate of drug-likeness (QED) is 0.808. The van der Waals surface area contributed by atoms with E-state index < -0.39 is 9.84 Å². The van der Waals surface area contributed by atoms with Crippen molar-refractivity contribution in [3.05, 3.63) is 18.2 Å². The Labute approximate surface area is 114 Å². The topological polar surface area (TPSA) is 78.6 Å². The van der Waals surface area contributed by atoms with Gasteiger partial charge in [0.25, 0.3) is 0 Å². The van der Waals surface area contributed by atoms with Gasteiger partial charge in [-0.1, -0.05) is 0 Å². The molecule has 0 fully saturated rings. The fraction of sp³-hybridized carbons (Fsp3) is 0.538. The average molecular weight is 287 g/mol. The molecule has 108 valence electrons. The molecule has 5 nitrogen and oxygen atoms in total. The molecular weight excluding hydrogens is 266 g/mol. The van der Waals surface area contributed by atoms with Gasteiger partial charge in [0.2, 0.25) is 0 Å². The number of hydrogen-bond donors (Lipinski definition) is 1. The molecule has 0 saturated heterocycles. The van der Waals surface area contributed by atoms with Crippen LogP contribution < -0.4 is 10.5 Å². The Balaban J connectivity index is 2.72. The Bertz CT molecular complexity index is 538. The Hall–Kier alpha value is -1.27. The maximum Gasteiger partial charge on any atom is 0.175 e. The molecule has 1 aromatic carbocycles. The smallest absolute Gasteiger partial charge is 0.175 e. The van der Waals surface area contributed by atoms with Crippen molar-refractivity contribution in [2.45, 2.75) is 30.8 Å². The third kappa shape index (κ3) is 4.72. The molecule has 0 radical (unpaired) electrons. The highest BCUT2D eigenvalue weighted by Gasteiger charge is 2.16. The molecule has 0 bridgehead atoms. The molecule has 6 heteroatoms. The van der Waals surface area contributed by atoms with Crippen LogP contribution >= 0.6 is 0 Å². The van der Waals surface area contributed by atoms with E-state index in [1.165, 1.54) is 12.1 Å². The monoisotopic (exact) mass is 287 g/mol. The Morgan fingerprint density at radius 1 is 1.32 bits per heavy atom. The number of methoxy groups -OCH3 is 1. The van der Waals surface area contributed by atoms with E-state index >= 15 is 0 Å². The molecule has 0 aromatic heterocycles. The van der Waals surface area contributed by atoms with Gasteiger partial charge in [0.1, 0.15) is 5.75 Å². The van der Waals surface area contributed by atoms with Gasteiger partial charge in [0, 0.05) is 19.8 Å². The zero-order valence-electron chi connectivity index (χ0n) is 11.8. The van der Waals surface area contributed by atoms with Crippen molar-refractivity contribution in [2.24, 2.45) is 0 Å². The van der Waals surface area contributed by atoms with E-state index in [1.807, 2.05) is 13.8 Å². The number of ether oxygens (including phenoxy) is 2. The number of sulfone groups is 1. The van der Waals surface area contributed by atoms with Crippen LogP contribution in [0.15, 0.2) is 23.1 Å². The summed E-state index contributed by atoms with van der Waals surface area (Å²) in [7, 11) is -1.60. The van der Waals surface area contributed by atoms with Crippen molar-refractivity contribution in [3.63, 3.8) is 0 Å². The molecule has 0 saturated carbocycles. The molecular formula is C13H21NO4S. The lowest BCUT2D eigenvalue weighted by atomic mass is 10.1. The summed E-state index contributed by atoms with van der Waals surface area (Å²) < 4.78 is 33.6. The lowest BCUT2D eigenvalue weighted by molar-refractivity contribution is 0.00551. The lowest BCUT2D eigenvalue weighted by Crippen LogP contribution is -2.25. The van der Waals surface area contributed by atoms with Crippen molar-refractivity contribution < 1.29 is 17.9 Å². The van der Waals surface area contributed by atoms with Gasteiger partial charge in [-0.15, -0.1) is 0 Å². The fourth-order valence-electron chi connectivity index (χ4n) is 1.40. The zero-order valence-corrected chi connectivity index (χ0v) is 12.6. The van der Waals surface area contributed by atoms with Gasteiger partial charge in [0.15, 0.2) is 9.84 Å². The SMILES string of the molecule is COC(C)(C)CCOc1ccc(S(C)(=O)=O)cc1N. The summed E-state index contributed by atoms with van der Waals surface area (Å²) in [6, 6.07) is 4.47. The van der Waals surface area contributed by atoms with Crippen molar-refractivity contribution in [1.82, 2.24) is 0 Å². The predicted octanol–water partition coefficient (Wildman–Crippen LogP) is 1.87. The van der Waals surface area contributed by atoms with Gasteiger partial charge in [-0.25, -0.2) is 8.42 Å². The molecule has 0 amide bonds. The van der Waals surface area contributed by atoms with Crippen molar-refractivity contribution in [2.75, 3.05) is 25.7 Å². The molecule has 0 atom stereocenters. The normalized spacial score (nSPS) is 12.4. The molecule has 1 aromatic rings. The first-order valence-electron chi connectivity index (χ1n) is 5.93. The minimum absolute atomic E-state index is 0.189. The van der Waals surface area contributed by atoms with Crippen LogP contribution in [0.1, 0.15) is 20.3 Å². The Morgan fingerprint density at radius 2 is 1.95 bits per heavy atom. The number of nitrogen functional groups attached to an aromatic ring is 1. The van der Waals surface area contributed by atoms with Crippen LogP contribution in [0.2, 0.25) is 0 Å². The number of anilines is 1. The second kappa shape index (κ2) is 5.79. The van der Waals surface area contributed by atoms with E-state index in [2.05, 4.69) is 0 Å². The predicted molar refractivity (Wildman–Crippen MR) is 75.2 cm³/mol. The summed E-state index contributed by atoms with van der Waals surface area (Å²) in [4.78, 5) is 0.189. The van der Waals surface area contributed by atoms with E-state index in [1.54, 1.807) is 13.2 Å². The first-order chi connectivity index (χ1) is 8.65. The second-order valence-electron chi connectivity index (χ2n) is 5.03. The first-order valence-corrected chi connectivity index (χ1v) is 7.82. The van der Waals surface area contributed by atoms with E-state index in [4.69, 9.17) is 15.2 Å². The van der Waals surface area contributed by atoms with Gasteiger partial charge >= 0.3 is 0 Å². The second-order valence-corrected chi connectivity index (χ2v) is 7.05. The molecule has 1 rings (SSSR count). The van der Waals surface area contributed by atoms with Crippen molar-refractivity contribution in [3.8, 4) is 5.75 Å². The Morgan fingerprint density at radius 3 is 2.42 bits per heavy atom. The molecule has 0 aliphatic heterocycles. The molecule has 2 N–H and O–H groups in total. The molecule has 0 aliphatic carbocycles. The third-order valence-corrected chi connectivity index (χ3v) is 4.03. The van der Waals surface area contributed by atoms with Gasteiger partial charge in [-0.05, 0) is 32.0 Å². The van der Waals surface area contributed by atoms with Gasteiger partial charge in [0.05, 0.1) is 22.8 Å². The van der Waals surface area contributed by atoms with Crippen LogP contribution in [0.3, 0.4) is 0 Å². The van der Waals surface area contributed by atoms with E-state index in [-0.39, 0.29) is 10.5 Å². The molecule has 0 unspecified atom stereocenters. The van der Waals surface area contributed by atoms with E-state index in [9.17, 15) is 8.42 Å². The van der Waals surface area contributed by atoms with Crippen molar-refractivity contribution >= 4 is 15.5 Å². The summed E-state index contributed by atoms with van der Waals surface area (Å²) >= 11 is 0. The van der Waals surface area contributed by atoms with E-state index in [0.29, 0.717) is 24.5 Å². The average Bonchev–Trinajstić information content (AvgIpc) is 2.30. The number of nitrogens with two attached hydrogens (primary N) is 1. The third-order valence-electron chi connectivity index (χ3n) is 2.92. The molecule has 0 aliphatic rings. The largest absolute Gasteiger partial charge is 0.491 e. The Kier molecular flexibility index (Phi) is 4.81. The maximum absolute atomic E-state index is 11.4. The fourth-order valence-corrected chi connectivity index (χ4v) is 2.05. The summed E-state index contributed by atoms with van der Waals surface area (Å²) in [5.41, 5.74) is 5.83. The minimum Gasteiger partial charge on any atom is -0.491 e. The molecule has 0 heterocycles. The highest BCUT2D eigenvalue weighted by Crippen LogP contribution is 2.25. The summed E-state index contributed by atoms with van der Waals surface area (Å²) in [5.74, 6) is 0.485. The minimum atomic E-state index is -3.25. The van der Waals surface area contributed by atoms with Crippen molar-refractivity contribution in [1.29, 1.82) is 0 Å². The molecule has 0 spiro atoms. The summed E-state index contributed by atoms with van der Waals surface area (Å²) in [6.07, 6.45) is 1.85. The summed E-state index contributed by atoms with van der Waals surface area (Å²) in [6.45, 7) is 4.38. The number of rotatable bonds is 6. The van der Waals surface area contributed by atoms with E-state index in [0.717, 1.165) is 6.26 Å². The number of benzene rings is 1. The highest BCUT2D eigenvalue weighted by atomic mass is 32.2. The number of hydrogen-bond acceptors (Lipinski definition) is 5.